The van der Waals surface area contributed by atoms with Gasteiger partial charge < -0.3 is 0 Å². The molecule has 0 aliphatic carbocycles. The molecule has 1 aliphatic rings. The Bertz CT molecular complexity index is 300. The van der Waals surface area contributed by atoms with E-state index in [2.05, 4.69) is 0 Å². The normalized spacial score (nSPS) is 27.1. The van der Waals surface area contributed by atoms with Gasteiger partial charge in [0.25, 0.3) is 0 Å². The first-order chi connectivity index (χ1) is 5.04. The Labute approximate surface area is 68.3 Å². The van der Waals surface area contributed by atoms with E-state index in [1.165, 1.54) is 0 Å². The van der Waals surface area contributed by atoms with Gasteiger partial charge in [0.1, 0.15) is 0 Å². The van der Waals surface area contributed by atoms with E-state index in [9.17, 15) is 8.42 Å². The fourth-order valence-electron chi connectivity index (χ4n) is 0.771. The SMILES string of the molecule is CCC1=C[SH](S(=O)(=O)O)C=C1. The molecule has 0 spiro atoms. The monoisotopic (exact) mass is 194 g/mol. The Kier molecular flexibility index (Phi) is 2.41. The highest BCUT2D eigenvalue weighted by Crippen LogP contribution is 2.41. The van der Waals surface area contributed by atoms with Crippen LogP contribution in [0.2, 0.25) is 0 Å². The minimum absolute atomic E-state index is 0.810. The van der Waals surface area contributed by atoms with Crippen LogP contribution in [-0.2, 0) is 9.15 Å². The summed E-state index contributed by atoms with van der Waals surface area (Å²) >= 11 is 0. The molecule has 1 atom stereocenters. The highest BCUT2D eigenvalue weighted by Gasteiger charge is 2.16. The lowest BCUT2D eigenvalue weighted by Crippen LogP contribution is -1.92. The van der Waals surface area contributed by atoms with Crippen molar-refractivity contribution in [2.24, 2.45) is 0 Å². The van der Waals surface area contributed by atoms with Gasteiger partial charge in [-0.25, -0.2) is 0 Å². The van der Waals surface area contributed by atoms with Crippen LogP contribution < -0.4 is 0 Å². The van der Waals surface area contributed by atoms with Crippen molar-refractivity contribution in [1.29, 1.82) is 0 Å². The summed E-state index contributed by atoms with van der Waals surface area (Å²) < 4.78 is 29.8. The van der Waals surface area contributed by atoms with Gasteiger partial charge in [-0.1, -0.05) is 22.9 Å². The average molecular weight is 194 g/mol. The molecule has 0 aromatic heterocycles. The van der Waals surface area contributed by atoms with Crippen molar-refractivity contribution in [3.05, 3.63) is 22.5 Å². The standard InChI is InChI=1S/C6H10O3S2/c1-2-6-3-4-10(5-6)11(7,8)9/h3-5,10H,2H2,1H3,(H,7,8,9). The minimum atomic E-state index is -3.84. The zero-order valence-electron chi connectivity index (χ0n) is 6.06. The molecule has 11 heavy (non-hydrogen) atoms. The molecule has 1 unspecified atom stereocenters. The fraction of sp³-hybridized carbons (Fsp3) is 0.333. The molecule has 1 heterocycles. The van der Waals surface area contributed by atoms with E-state index >= 15 is 0 Å². The summed E-state index contributed by atoms with van der Waals surface area (Å²) in [5.41, 5.74) is 0.980. The van der Waals surface area contributed by atoms with Crippen molar-refractivity contribution in [2.75, 3.05) is 0 Å². The average Bonchev–Trinajstić information content (AvgIpc) is 2.32. The molecule has 64 valence electrons. The summed E-state index contributed by atoms with van der Waals surface area (Å²) in [4.78, 5) is 0. The lowest BCUT2D eigenvalue weighted by Gasteiger charge is -2.03. The Morgan fingerprint density at radius 2 is 2.27 bits per heavy atom. The third kappa shape index (κ3) is 2.08. The molecule has 0 saturated heterocycles. The topological polar surface area (TPSA) is 54.4 Å². The third-order valence-corrected chi connectivity index (χ3v) is 5.24. The predicted octanol–water partition coefficient (Wildman–Crippen LogP) is 1.61. The maximum Gasteiger partial charge on any atom is 0.306 e. The van der Waals surface area contributed by atoms with Gasteiger partial charge in [0.2, 0.25) is 0 Å². The van der Waals surface area contributed by atoms with Gasteiger partial charge >= 0.3 is 9.15 Å². The van der Waals surface area contributed by atoms with Crippen LogP contribution >= 0.6 is 9.93 Å². The van der Waals surface area contributed by atoms with Crippen LogP contribution in [0.4, 0.5) is 0 Å². The largest absolute Gasteiger partial charge is 0.306 e. The van der Waals surface area contributed by atoms with E-state index < -0.39 is 19.1 Å². The summed E-state index contributed by atoms with van der Waals surface area (Å²) in [5.74, 6) is 0. The van der Waals surface area contributed by atoms with Crippen LogP contribution in [0.1, 0.15) is 13.3 Å². The smallest absolute Gasteiger partial charge is 0.278 e. The van der Waals surface area contributed by atoms with Crippen LogP contribution in [0.25, 0.3) is 0 Å². The molecule has 0 bridgehead atoms. The van der Waals surface area contributed by atoms with Gasteiger partial charge in [-0.05, 0) is 22.8 Å². The Morgan fingerprint density at radius 3 is 2.55 bits per heavy atom. The zero-order valence-corrected chi connectivity index (χ0v) is 7.77. The van der Waals surface area contributed by atoms with E-state index in [-0.39, 0.29) is 0 Å². The number of rotatable bonds is 2. The van der Waals surface area contributed by atoms with E-state index in [1.54, 1.807) is 16.9 Å². The van der Waals surface area contributed by atoms with Gasteiger partial charge in [-0.15, -0.1) is 0 Å². The minimum Gasteiger partial charge on any atom is -0.278 e. The second-order valence-electron chi connectivity index (χ2n) is 2.18. The summed E-state index contributed by atoms with van der Waals surface area (Å²) in [6.07, 6.45) is 2.56. The van der Waals surface area contributed by atoms with Crippen molar-refractivity contribution in [3.63, 3.8) is 0 Å². The Morgan fingerprint density at radius 1 is 1.64 bits per heavy atom. The molecule has 0 amide bonds. The van der Waals surface area contributed by atoms with Crippen molar-refractivity contribution in [1.82, 2.24) is 0 Å². The van der Waals surface area contributed by atoms with Gasteiger partial charge in [0.15, 0.2) is 0 Å². The Hall–Kier alpha value is -0.260. The lowest BCUT2D eigenvalue weighted by atomic mass is 10.2. The summed E-state index contributed by atoms with van der Waals surface area (Å²) in [6.45, 7) is 1.94. The van der Waals surface area contributed by atoms with Crippen LogP contribution in [0, 0.1) is 0 Å². The summed E-state index contributed by atoms with van der Waals surface area (Å²) in [5, 5.41) is 3.16. The molecule has 5 heteroatoms. The fourth-order valence-corrected chi connectivity index (χ4v) is 3.53. The molecule has 1 N–H and O–H groups in total. The first-order valence-corrected chi connectivity index (χ1v) is 6.71. The second-order valence-corrected chi connectivity index (χ2v) is 7.00. The molecular formula is C6H10O3S2. The summed E-state index contributed by atoms with van der Waals surface area (Å²) in [6, 6.07) is 0. The summed E-state index contributed by atoms with van der Waals surface area (Å²) in [7, 11) is -5.29. The first kappa shape index (κ1) is 8.83. The number of thiol groups is 1. The van der Waals surface area contributed by atoms with Crippen molar-refractivity contribution in [3.8, 4) is 0 Å². The van der Waals surface area contributed by atoms with E-state index in [0.717, 1.165) is 12.0 Å². The quantitative estimate of drug-likeness (QED) is 0.399. The van der Waals surface area contributed by atoms with Gasteiger partial charge in [-0.2, -0.15) is 8.42 Å². The van der Waals surface area contributed by atoms with E-state index in [4.69, 9.17) is 4.55 Å². The maximum absolute atomic E-state index is 10.6. The highest BCUT2D eigenvalue weighted by atomic mass is 33.2. The number of hydrogen-bond donors (Lipinski definition) is 2. The van der Waals surface area contributed by atoms with E-state index in [1.807, 2.05) is 6.92 Å². The third-order valence-electron chi connectivity index (χ3n) is 1.40. The van der Waals surface area contributed by atoms with Gasteiger partial charge in [0, 0.05) is 0 Å². The highest BCUT2D eigenvalue weighted by molar-refractivity contribution is 8.81. The number of hydrogen-bond acceptors (Lipinski definition) is 2. The van der Waals surface area contributed by atoms with Crippen LogP contribution in [0.3, 0.4) is 0 Å². The predicted molar refractivity (Wildman–Crippen MR) is 48.0 cm³/mol. The lowest BCUT2D eigenvalue weighted by molar-refractivity contribution is 0.503. The molecule has 0 fully saturated rings. The molecule has 1 aliphatic heterocycles. The van der Waals surface area contributed by atoms with Gasteiger partial charge in [-0.3, -0.25) is 4.55 Å². The van der Waals surface area contributed by atoms with Gasteiger partial charge in [0.05, 0.1) is 0 Å². The molecule has 3 nitrogen and oxygen atoms in total. The van der Waals surface area contributed by atoms with Crippen LogP contribution in [0.5, 0.6) is 0 Å². The molecular weight excluding hydrogens is 184 g/mol. The Balaban J connectivity index is 2.86. The maximum atomic E-state index is 10.6. The van der Waals surface area contributed by atoms with Crippen molar-refractivity contribution < 1.29 is 13.0 Å². The second kappa shape index (κ2) is 3.00. The number of allylic oxidation sites excluding steroid dienone is 2. The van der Waals surface area contributed by atoms with Crippen LogP contribution in [0.15, 0.2) is 22.5 Å². The molecule has 1 rings (SSSR count). The van der Waals surface area contributed by atoms with Crippen molar-refractivity contribution in [2.45, 2.75) is 13.3 Å². The zero-order chi connectivity index (χ0) is 8.48. The van der Waals surface area contributed by atoms with E-state index in [0.29, 0.717) is 0 Å². The first-order valence-electron chi connectivity index (χ1n) is 3.19. The molecule has 0 aromatic carbocycles. The molecule has 0 radical (unpaired) electrons. The van der Waals surface area contributed by atoms with Crippen LogP contribution in [-0.4, -0.2) is 13.0 Å². The molecule has 0 aromatic rings. The molecule has 0 saturated carbocycles. The van der Waals surface area contributed by atoms with Crippen molar-refractivity contribution >= 4 is 19.1 Å².